The number of aliphatic carboxylic acids is 1. The van der Waals surface area contributed by atoms with Gasteiger partial charge >= 0.3 is 5.97 Å². The molecule has 0 saturated heterocycles. The molecular formula is C10H15N3O2. The second-order valence-electron chi connectivity index (χ2n) is 3.32. The zero-order chi connectivity index (χ0) is 11.1. The molecule has 2 N–H and O–H groups in total. The van der Waals surface area contributed by atoms with Gasteiger partial charge in [0.05, 0.1) is 11.4 Å². The van der Waals surface area contributed by atoms with E-state index < -0.39 is 5.97 Å². The standard InChI is InChI=1S/C10H15N3O2/c1-8-5-13-9(7-12-8)6-11-4-2-3-10(14)15/h5,7,11H,2-4,6H2,1H3,(H,14,15). The summed E-state index contributed by atoms with van der Waals surface area (Å²) >= 11 is 0. The third kappa shape index (κ3) is 5.07. The molecule has 0 aliphatic heterocycles. The Hall–Kier alpha value is -1.49. The molecule has 1 aromatic heterocycles. The summed E-state index contributed by atoms with van der Waals surface area (Å²) in [5, 5.41) is 11.5. The van der Waals surface area contributed by atoms with Gasteiger partial charge in [0.2, 0.25) is 0 Å². The van der Waals surface area contributed by atoms with Crippen molar-refractivity contribution in [1.82, 2.24) is 15.3 Å². The number of nitrogens with zero attached hydrogens (tertiary/aromatic N) is 2. The Morgan fingerprint density at radius 3 is 2.87 bits per heavy atom. The lowest BCUT2D eigenvalue weighted by molar-refractivity contribution is -0.137. The van der Waals surface area contributed by atoms with Crippen LogP contribution in [0.1, 0.15) is 24.2 Å². The molecule has 82 valence electrons. The summed E-state index contributed by atoms with van der Waals surface area (Å²) < 4.78 is 0. The molecule has 0 radical (unpaired) electrons. The van der Waals surface area contributed by atoms with Gasteiger partial charge in [-0.1, -0.05) is 0 Å². The monoisotopic (exact) mass is 209 g/mol. The van der Waals surface area contributed by atoms with Crippen LogP contribution in [0.2, 0.25) is 0 Å². The van der Waals surface area contributed by atoms with E-state index in [1.54, 1.807) is 12.4 Å². The van der Waals surface area contributed by atoms with E-state index in [4.69, 9.17) is 5.11 Å². The largest absolute Gasteiger partial charge is 0.481 e. The van der Waals surface area contributed by atoms with Gasteiger partial charge in [-0.05, 0) is 19.9 Å². The fourth-order valence-electron chi connectivity index (χ4n) is 1.09. The summed E-state index contributed by atoms with van der Waals surface area (Å²) in [5.41, 5.74) is 1.76. The average molecular weight is 209 g/mol. The minimum Gasteiger partial charge on any atom is -0.481 e. The molecular weight excluding hydrogens is 194 g/mol. The Morgan fingerprint density at radius 1 is 1.47 bits per heavy atom. The fourth-order valence-corrected chi connectivity index (χ4v) is 1.09. The molecule has 0 atom stereocenters. The van der Waals surface area contributed by atoms with Crippen molar-refractivity contribution in [1.29, 1.82) is 0 Å². The normalized spacial score (nSPS) is 10.2. The Kier molecular flexibility index (Phi) is 4.70. The number of carboxylic acid groups (broad SMARTS) is 1. The number of aromatic nitrogens is 2. The van der Waals surface area contributed by atoms with Gasteiger partial charge in [-0.15, -0.1) is 0 Å². The molecule has 15 heavy (non-hydrogen) atoms. The topological polar surface area (TPSA) is 75.1 Å². The molecule has 0 saturated carbocycles. The molecule has 0 spiro atoms. The van der Waals surface area contributed by atoms with Crippen LogP contribution in [-0.2, 0) is 11.3 Å². The van der Waals surface area contributed by atoms with Crippen LogP contribution in [0.3, 0.4) is 0 Å². The molecule has 1 aromatic rings. The van der Waals surface area contributed by atoms with Crippen molar-refractivity contribution in [3.8, 4) is 0 Å². The Morgan fingerprint density at radius 2 is 2.27 bits per heavy atom. The Bertz CT molecular complexity index is 311. The maximum atomic E-state index is 10.2. The predicted molar refractivity (Wildman–Crippen MR) is 55.3 cm³/mol. The summed E-state index contributed by atoms with van der Waals surface area (Å²) in [7, 11) is 0. The van der Waals surface area contributed by atoms with Crippen LogP contribution in [0.15, 0.2) is 12.4 Å². The third-order valence-corrected chi connectivity index (χ3v) is 1.88. The summed E-state index contributed by atoms with van der Waals surface area (Å²) in [6.07, 6.45) is 4.27. The van der Waals surface area contributed by atoms with Crippen molar-refractivity contribution in [3.63, 3.8) is 0 Å². The van der Waals surface area contributed by atoms with Gasteiger partial charge in [0, 0.05) is 25.4 Å². The maximum Gasteiger partial charge on any atom is 0.303 e. The van der Waals surface area contributed by atoms with Gasteiger partial charge in [0.1, 0.15) is 0 Å². The summed E-state index contributed by atoms with van der Waals surface area (Å²) in [6, 6.07) is 0. The van der Waals surface area contributed by atoms with Crippen molar-refractivity contribution in [2.24, 2.45) is 0 Å². The quantitative estimate of drug-likeness (QED) is 0.676. The van der Waals surface area contributed by atoms with E-state index in [-0.39, 0.29) is 6.42 Å². The van der Waals surface area contributed by atoms with Gasteiger partial charge in [-0.3, -0.25) is 14.8 Å². The van der Waals surface area contributed by atoms with Gasteiger partial charge in [0.25, 0.3) is 0 Å². The van der Waals surface area contributed by atoms with Crippen molar-refractivity contribution in [2.75, 3.05) is 6.54 Å². The highest BCUT2D eigenvalue weighted by Crippen LogP contribution is 1.93. The van der Waals surface area contributed by atoms with Crippen molar-refractivity contribution in [2.45, 2.75) is 26.3 Å². The number of carbonyl (C=O) groups is 1. The SMILES string of the molecule is Cc1cnc(CNCCCC(=O)O)cn1. The van der Waals surface area contributed by atoms with Crippen LogP contribution >= 0.6 is 0 Å². The summed E-state index contributed by atoms with van der Waals surface area (Å²) in [4.78, 5) is 18.5. The van der Waals surface area contributed by atoms with E-state index in [9.17, 15) is 4.79 Å². The van der Waals surface area contributed by atoms with Crippen LogP contribution in [0.4, 0.5) is 0 Å². The zero-order valence-electron chi connectivity index (χ0n) is 8.73. The van der Waals surface area contributed by atoms with Crippen LogP contribution in [0.25, 0.3) is 0 Å². The first kappa shape index (κ1) is 11.6. The number of rotatable bonds is 6. The van der Waals surface area contributed by atoms with Crippen LogP contribution in [0.5, 0.6) is 0 Å². The molecule has 0 fully saturated rings. The van der Waals surface area contributed by atoms with E-state index >= 15 is 0 Å². The fraction of sp³-hybridized carbons (Fsp3) is 0.500. The second-order valence-corrected chi connectivity index (χ2v) is 3.32. The van der Waals surface area contributed by atoms with Crippen molar-refractivity contribution < 1.29 is 9.90 Å². The molecule has 0 aromatic carbocycles. The lowest BCUT2D eigenvalue weighted by atomic mass is 10.3. The van der Waals surface area contributed by atoms with Crippen LogP contribution < -0.4 is 5.32 Å². The highest BCUT2D eigenvalue weighted by atomic mass is 16.4. The van der Waals surface area contributed by atoms with E-state index in [2.05, 4.69) is 15.3 Å². The Balaban J connectivity index is 2.15. The van der Waals surface area contributed by atoms with E-state index in [0.29, 0.717) is 19.5 Å². The molecule has 1 rings (SSSR count). The average Bonchev–Trinajstić information content (AvgIpc) is 2.20. The number of hydrogen-bond donors (Lipinski definition) is 2. The smallest absolute Gasteiger partial charge is 0.303 e. The van der Waals surface area contributed by atoms with E-state index in [1.807, 2.05) is 6.92 Å². The zero-order valence-corrected chi connectivity index (χ0v) is 8.73. The highest BCUT2D eigenvalue weighted by molar-refractivity contribution is 5.66. The van der Waals surface area contributed by atoms with Crippen molar-refractivity contribution in [3.05, 3.63) is 23.8 Å². The summed E-state index contributed by atoms with van der Waals surface area (Å²) in [6.45, 7) is 3.20. The molecule has 5 heteroatoms. The first-order valence-corrected chi connectivity index (χ1v) is 4.88. The molecule has 1 heterocycles. The lowest BCUT2D eigenvalue weighted by Crippen LogP contribution is -2.16. The van der Waals surface area contributed by atoms with Gasteiger partial charge in [-0.25, -0.2) is 0 Å². The highest BCUT2D eigenvalue weighted by Gasteiger charge is 1.97. The Labute approximate surface area is 88.6 Å². The van der Waals surface area contributed by atoms with E-state index in [0.717, 1.165) is 11.4 Å². The number of nitrogens with one attached hydrogen (secondary N) is 1. The molecule has 5 nitrogen and oxygen atoms in total. The predicted octanol–water partition coefficient (Wildman–Crippen LogP) is 0.739. The molecule has 0 aliphatic carbocycles. The first-order valence-electron chi connectivity index (χ1n) is 4.88. The number of carboxylic acids is 1. The molecule has 0 aliphatic rings. The molecule has 0 amide bonds. The molecule has 0 unspecified atom stereocenters. The lowest BCUT2D eigenvalue weighted by Gasteiger charge is -2.02. The maximum absolute atomic E-state index is 10.2. The van der Waals surface area contributed by atoms with Crippen LogP contribution in [0, 0.1) is 6.92 Å². The first-order chi connectivity index (χ1) is 7.18. The minimum absolute atomic E-state index is 0.201. The van der Waals surface area contributed by atoms with Gasteiger partial charge in [0.15, 0.2) is 0 Å². The summed E-state index contributed by atoms with van der Waals surface area (Å²) in [5.74, 6) is -0.757. The third-order valence-electron chi connectivity index (χ3n) is 1.88. The van der Waals surface area contributed by atoms with Crippen LogP contribution in [-0.4, -0.2) is 27.6 Å². The van der Waals surface area contributed by atoms with Gasteiger partial charge < -0.3 is 10.4 Å². The second kappa shape index (κ2) is 6.08. The van der Waals surface area contributed by atoms with E-state index in [1.165, 1.54) is 0 Å². The number of hydrogen-bond acceptors (Lipinski definition) is 4. The van der Waals surface area contributed by atoms with Crippen molar-refractivity contribution >= 4 is 5.97 Å². The minimum atomic E-state index is -0.757. The number of aryl methyl sites for hydroxylation is 1. The van der Waals surface area contributed by atoms with Gasteiger partial charge in [-0.2, -0.15) is 0 Å². The molecule has 0 bridgehead atoms.